The lowest BCUT2D eigenvalue weighted by molar-refractivity contribution is -0.686. The van der Waals surface area contributed by atoms with E-state index in [0.29, 0.717) is 28.2 Å². The summed E-state index contributed by atoms with van der Waals surface area (Å²) < 4.78 is 10.5. The molecule has 0 aliphatic heterocycles. The standard InChI is InChI=1S/C27H24Cl3N2O/c28-23-10-8-22(9-11-23)19-33-27(25-13-12-24(29)17-26(25)30)18-32-16-15-31(20-32)14-4-7-21-5-2-1-3-6-21/h1-13,15-17,20,27H,14,18-19H2/q+1. The van der Waals surface area contributed by atoms with E-state index in [1.165, 1.54) is 5.56 Å². The average molecular weight is 499 g/mol. The number of halogens is 3. The lowest BCUT2D eigenvalue weighted by atomic mass is 10.1. The molecular weight excluding hydrogens is 475 g/mol. The number of aromatic nitrogens is 2. The summed E-state index contributed by atoms with van der Waals surface area (Å²) in [6.45, 7) is 1.84. The molecule has 168 valence electrons. The third-order valence-electron chi connectivity index (χ3n) is 5.22. The van der Waals surface area contributed by atoms with Crippen LogP contribution in [-0.2, 0) is 24.4 Å². The van der Waals surface area contributed by atoms with Crippen molar-refractivity contribution in [3.05, 3.63) is 129 Å². The monoisotopic (exact) mass is 497 g/mol. The predicted octanol–water partition coefficient (Wildman–Crippen LogP) is 7.41. The fourth-order valence-corrected chi connectivity index (χ4v) is 4.16. The van der Waals surface area contributed by atoms with E-state index < -0.39 is 0 Å². The van der Waals surface area contributed by atoms with Gasteiger partial charge in [-0.2, -0.15) is 0 Å². The van der Waals surface area contributed by atoms with Gasteiger partial charge in [0.05, 0.1) is 6.61 Å². The van der Waals surface area contributed by atoms with Crippen LogP contribution in [0.5, 0.6) is 0 Å². The molecule has 0 bridgehead atoms. The number of nitrogens with zero attached hydrogens (tertiary/aromatic N) is 2. The Labute approximate surface area is 209 Å². The molecule has 3 nitrogen and oxygen atoms in total. The molecule has 3 aromatic carbocycles. The van der Waals surface area contributed by atoms with Crippen LogP contribution in [0.1, 0.15) is 22.8 Å². The van der Waals surface area contributed by atoms with Crippen molar-refractivity contribution in [3.63, 3.8) is 0 Å². The summed E-state index contributed by atoms with van der Waals surface area (Å²) in [6.07, 6.45) is 10.2. The highest BCUT2D eigenvalue weighted by Crippen LogP contribution is 2.30. The van der Waals surface area contributed by atoms with E-state index in [-0.39, 0.29) is 6.10 Å². The van der Waals surface area contributed by atoms with Crippen LogP contribution in [0.3, 0.4) is 0 Å². The fraction of sp³-hybridized carbons (Fsp3) is 0.148. The van der Waals surface area contributed by atoms with Crippen molar-refractivity contribution in [2.45, 2.75) is 25.8 Å². The van der Waals surface area contributed by atoms with E-state index in [9.17, 15) is 0 Å². The maximum absolute atomic E-state index is 6.52. The molecule has 0 radical (unpaired) electrons. The number of rotatable bonds is 9. The first kappa shape index (κ1) is 23.6. The molecular formula is C27H24Cl3N2O+. The van der Waals surface area contributed by atoms with Crippen LogP contribution >= 0.6 is 34.8 Å². The summed E-state index contributed by atoms with van der Waals surface area (Å²) in [6, 6.07) is 23.4. The van der Waals surface area contributed by atoms with Gasteiger partial charge in [-0.15, -0.1) is 0 Å². The van der Waals surface area contributed by atoms with Crippen molar-refractivity contribution in [1.82, 2.24) is 4.57 Å². The van der Waals surface area contributed by atoms with Crippen LogP contribution in [0.4, 0.5) is 0 Å². The molecule has 1 atom stereocenters. The first-order chi connectivity index (χ1) is 16.1. The number of hydrogen-bond donors (Lipinski definition) is 0. The van der Waals surface area contributed by atoms with E-state index in [4.69, 9.17) is 39.5 Å². The Kier molecular flexibility index (Phi) is 8.25. The zero-order valence-electron chi connectivity index (χ0n) is 18.0. The van der Waals surface area contributed by atoms with Gasteiger partial charge in [0.25, 0.3) is 0 Å². The smallest absolute Gasteiger partial charge is 0.244 e. The molecule has 0 aliphatic rings. The van der Waals surface area contributed by atoms with Gasteiger partial charge in [-0.25, -0.2) is 9.13 Å². The van der Waals surface area contributed by atoms with Gasteiger partial charge in [0.15, 0.2) is 0 Å². The second-order valence-corrected chi connectivity index (χ2v) is 8.99. The van der Waals surface area contributed by atoms with Crippen LogP contribution < -0.4 is 4.57 Å². The van der Waals surface area contributed by atoms with Gasteiger partial charge < -0.3 is 4.74 Å². The normalized spacial score (nSPS) is 12.3. The largest absolute Gasteiger partial charge is 0.365 e. The van der Waals surface area contributed by atoms with Gasteiger partial charge in [-0.1, -0.05) is 89.4 Å². The Morgan fingerprint density at radius 3 is 2.42 bits per heavy atom. The molecule has 1 heterocycles. The van der Waals surface area contributed by atoms with Crippen molar-refractivity contribution in [2.24, 2.45) is 0 Å². The van der Waals surface area contributed by atoms with Gasteiger partial charge >= 0.3 is 0 Å². The van der Waals surface area contributed by atoms with Crippen molar-refractivity contribution in [2.75, 3.05) is 0 Å². The van der Waals surface area contributed by atoms with Crippen LogP contribution in [0.15, 0.2) is 97.6 Å². The zero-order chi connectivity index (χ0) is 23.0. The predicted molar refractivity (Wildman–Crippen MR) is 136 cm³/mol. The van der Waals surface area contributed by atoms with Crippen LogP contribution in [0.25, 0.3) is 6.08 Å². The summed E-state index contributed by atoms with van der Waals surface area (Å²) in [5.41, 5.74) is 3.13. The minimum absolute atomic E-state index is 0.244. The molecule has 4 rings (SSSR count). The Bertz CT molecular complexity index is 1200. The van der Waals surface area contributed by atoms with E-state index in [1.807, 2.05) is 60.8 Å². The summed E-state index contributed by atoms with van der Waals surface area (Å²) in [5.74, 6) is 0. The second-order valence-electron chi connectivity index (χ2n) is 7.71. The van der Waals surface area contributed by atoms with E-state index in [1.54, 1.807) is 6.07 Å². The van der Waals surface area contributed by atoms with Crippen LogP contribution in [-0.4, -0.2) is 4.57 Å². The van der Waals surface area contributed by atoms with E-state index in [2.05, 4.69) is 45.9 Å². The van der Waals surface area contributed by atoms with Crippen molar-refractivity contribution >= 4 is 40.9 Å². The lowest BCUT2D eigenvalue weighted by Gasteiger charge is -2.18. The molecule has 0 saturated carbocycles. The Balaban J connectivity index is 1.46. The molecule has 33 heavy (non-hydrogen) atoms. The summed E-state index contributed by atoms with van der Waals surface area (Å²) in [7, 11) is 0. The number of imidazole rings is 1. The molecule has 4 aromatic rings. The highest BCUT2D eigenvalue weighted by Gasteiger charge is 2.20. The average Bonchev–Trinajstić information content (AvgIpc) is 3.26. The van der Waals surface area contributed by atoms with Crippen LogP contribution in [0, 0.1) is 0 Å². The minimum atomic E-state index is -0.244. The first-order valence-corrected chi connectivity index (χ1v) is 11.8. The molecule has 6 heteroatoms. The van der Waals surface area contributed by atoms with Crippen molar-refractivity contribution in [1.29, 1.82) is 0 Å². The highest BCUT2D eigenvalue weighted by molar-refractivity contribution is 6.35. The van der Waals surface area contributed by atoms with Crippen LogP contribution in [0.2, 0.25) is 15.1 Å². The van der Waals surface area contributed by atoms with Gasteiger partial charge in [-0.3, -0.25) is 0 Å². The molecule has 0 aliphatic carbocycles. The second kappa shape index (κ2) is 11.5. The Hall–Kier alpha value is -2.56. The molecule has 0 spiro atoms. The maximum atomic E-state index is 6.52. The van der Waals surface area contributed by atoms with Crippen molar-refractivity contribution < 1.29 is 9.30 Å². The SMILES string of the molecule is Clc1ccc(COC(Cn2cc[n+](CC=Cc3ccccc3)c2)c2ccc(Cl)cc2Cl)cc1. The molecule has 0 fully saturated rings. The van der Waals surface area contributed by atoms with Gasteiger partial charge in [0, 0.05) is 20.6 Å². The number of hydrogen-bond acceptors (Lipinski definition) is 1. The van der Waals surface area contributed by atoms with Gasteiger partial charge in [0.2, 0.25) is 6.33 Å². The molecule has 0 saturated heterocycles. The summed E-state index contributed by atoms with van der Waals surface area (Å²) >= 11 is 18.6. The zero-order valence-corrected chi connectivity index (χ0v) is 20.2. The Morgan fingerprint density at radius 1 is 0.909 bits per heavy atom. The highest BCUT2D eigenvalue weighted by atomic mass is 35.5. The third-order valence-corrected chi connectivity index (χ3v) is 6.04. The first-order valence-electron chi connectivity index (χ1n) is 10.6. The van der Waals surface area contributed by atoms with Gasteiger partial charge in [-0.05, 0) is 41.5 Å². The fourth-order valence-electron chi connectivity index (χ4n) is 3.50. The Morgan fingerprint density at radius 2 is 1.67 bits per heavy atom. The topological polar surface area (TPSA) is 18.0 Å². The number of allylic oxidation sites excluding steroid dienone is 1. The minimum Gasteiger partial charge on any atom is -0.365 e. The quantitative estimate of drug-likeness (QED) is 0.220. The molecule has 0 N–H and O–H groups in total. The van der Waals surface area contributed by atoms with E-state index >= 15 is 0 Å². The van der Waals surface area contributed by atoms with Crippen molar-refractivity contribution in [3.8, 4) is 0 Å². The molecule has 0 amide bonds. The summed E-state index contributed by atoms with van der Waals surface area (Å²) in [5, 5.41) is 1.90. The summed E-state index contributed by atoms with van der Waals surface area (Å²) in [4.78, 5) is 0. The maximum Gasteiger partial charge on any atom is 0.244 e. The molecule has 1 aromatic heterocycles. The lowest BCUT2D eigenvalue weighted by Crippen LogP contribution is -2.30. The number of benzene rings is 3. The third kappa shape index (κ3) is 6.96. The molecule has 1 unspecified atom stereocenters. The van der Waals surface area contributed by atoms with E-state index in [0.717, 1.165) is 17.7 Å². The number of ether oxygens (including phenoxy) is 1. The van der Waals surface area contributed by atoms with Gasteiger partial charge in [0.1, 0.15) is 31.6 Å².